The Morgan fingerprint density at radius 3 is 2.71 bits per heavy atom. The molecule has 0 aliphatic heterocycles. The van der Waals surface area contributed by atoms with Crippen molar-refractivity contribution in [2.45, 2.75) is 26.3 Å². The third kappa shape index (κ3) is 2.18. The number of hydrogen-bond donors (Lipinski definition) is 0. The fraction of sp³-hybridized carbons (Fsp3) is 0.455. The normalized spacial score (nSPS) is 10.8. The van der Waals surface area contributed by atoms with Gasteiger partial charge in [-0.3, -0.25) is 4.68 Å². The lowest BCUT2D eigenvalue weighted by Gasteiger charge is -2.05. The van der Waals surface area contributed by atoms with E-state index in [-0.39, 0.29) is 0 Å². The van der Waals surface area contributed by atoms with E-state index < -0.39 is 0 Å². The second kappa shape index (κ2) is 4.37. The lowest BCUT2D eigenvalue weighted by Crippen LogP contribution is -2.08. The van der Waals surface area contributed by atoms with Crippen molar-refractivity contribution in [2.75, 3.05) is 0 Å². The first-order valence-corrected chi connectivity index (χ1v) is 5.42. The Hall–Kier alpha value is -2.16. The Balaban J connectivity index is 2.22. The van der Waals surface area contributed by atoms with Crippen molar-refractivity contribution >= 4 is 0 Å². The van der Waals surface area contributed by atoms with Crippen molar-refractivity contribution in [3.8, 4) is 6.07 Å². The quantitative estimate of drug-likeness (QED) is 0.790. The standard InChI is InChI=1S/C11H14N6/c1-8(2)11-15-14-10(16(11)3)7-17-6-9(4-12)5-13-17/h5-6,8H,7H2,1-3H3. The van der Waals surface area contributed by atoms with Crippen LogP contribution >= 0.6 is 0 Å². The smallest absolute Gasteiger partial charge is 0.154 e. The van der Waals surface area contributed by atoms with E-state index in [1.807, 2.05) is 17.7 Å². The van der Waals surface area contributed by atoms with Crippen LogP contribution in [0, 0.1) is 11.3 Å². The number of hydrogen-bond acceptors (Lipinski definition) is 4. The molecular formula is C11H14N6. The maximum Gasteiger partial charge on any atom is 0.154 e. The minimum Gasteiger partial charge on any atom is -0.316 e. The molecule has 0 saturated carbocycles. The van der Waals surface area contributed by atoms with Crippen LogP contribution in [-0.4, -0.2) is 24.5 Å². The van der Waals surface area contributed by atoms with Gasteiger partial charge in [-0.05, 0) is 0 Å². The maximum atomic E-state index is 8.71. The van der Waals surface area contributed by atoms with Gasteiger partial charge in [-0.15, -0.1) is 10.2 Å². The van der Waals surface area contributed by atoms with Crippen LogP contribution in [0.1, 0.15) is 37.0 Å². The van der Waals surface area contributed by atoms with Gasteiger partial charge >= 0.3 is 0 Å². The second-order valence-corrected chi connectivity index (χ2v) is 4.23. The summed E-state index contributed by atoms with van der Waals surface area (Å²) in [5, 5.41) is 21.1. The Labute approximate surface area is 99.5 Å². The van der Waals surface area contributed by atoms with Gasteiger partial charge in [0.25, 0.3) is 0 Å². The first-order chi connectivity index (χ1) is 8.11. The van der Waals surface area contributed by atoms with Crippen molar-refractivity contribution in [2.24, 2.45) is 7.05 Å². The topological polar surface area (TPSA) is 72.3 Å². The largest absolute Gasteiger partial charge is 0.316 e. The number of aromatic nitrogens is 5. The molecule has 0 aliphatic rings. The van der Waals surface area contributed by atoms with E-state index in [2.05, 4.69) is 29.1 Å². The van der Waals surface area contributed by atoms with Crippen LogP contribution in [0.15, 0.2) is 12.4 Å². The Morgan fingerprint density at radius 1 is 1.41 bits per heavy atom. The molecule has 17 heavy (non-hydrogen) atoms. The highest BCUT2D eigenvalue weighted by Gasteiger charge is 2.12. The number of nitriles is 1. The molecule has 2 aromatic heterocycles. The molecule has 0 amide bonds. The van der Waals surface area contributed by atoms with Crippen LogP contribution in [0.3, 0.4) is 0 Å². The third-order valence-electron chi connectivity index (χ3n) is 2.58. The Morgan fingerprint density at radius 2 is 2.18 bits per heavy atom. The zero-order chi connectivity index (χ0) is 12.4. The Bertz CT molecular complexity index is 557. The predicted octanol–water partition coefficient (Wildman–Crippen LogP) is 1.05. The molecule has 6 heteroatoms. The van der Waals surface area contributed by atoms with Gasteiger partial charge in [-0.25, -0.2) is 0 Å². The highest BCUT2D eigenvalue weighted by molar-refractivity contribution is 5.21. The zero-order valence-electron chi connectivity index (χ0n) is 10.1. The Kier molecular flexibility index (Phi) is 2.91. The minimum atomic E-state index is 0.341. The monoisotopic (exact) mass is 230 g/mol. The van der Waals surface area contributed by atoms with E-state index in [0.29, 0.717) is 18.0 Å². The van der Waals surface area contributed by atoms with Gasteiger partial charge in [-0.2, -0.15) is 10.4 Å². The van der Waals surface area contributed by atoms with Crippen LogP contribution in [0.25, 0.3) is 0 Å². The molecule has 0 N–H and O–H groups in total. The molecule has 0 radical (unpaired) electrons. The number of rotatable bonds is 3. The van der Waals surface area contributed by atoms with E-state index in [4.69, 9.17) is 5.26 Å². The molecule has 0 spiro atoms. The molecule has 0 unspecified atom stereocenters. The predicted molar refractivity (Wildman–Crippen MR) is 61.1 cm³/mol. The SMILES string of the molecule is CC(C)c1nnc(Cn2cc(C#N)cn2)n1C. The van der Waals surface area contributed by atoms with Crippen molar-refractivity contribution in [1.82, 2.24) is 24.5 Å². The second-order valence-electron chi connectivity index (χ2n) is 4.23. The van der Waals surface area contributed by atoms with Crippen molar-refractivity contribution in [3.05, 3.63) is 29.6 Å². The summed E-state index contributed by atoms with van der Waals surface area (Å²) >= 11 is 0. The summed E-state index contributed by atoms with van der Waals surface area (Å²) in [6.45, 7) is 4.68. The fourth-order valence-corrected chi connectivity index (χ4v) is 1.67. The van der Waals surface area contributed by atoms with E-state index in [1.165, 1.54) is 0 Å². The molecule has 6 nitrogen and oxygen atoms in total. The summed E-state index contributed by atoms with van der Waals surface area (Å²) in [6, 6.07) is 2.05. The summed E-state index contributed by atoms with van der Waals surface area (Å²) in [5.74, 6) is 2.13. The van der Waals surface area contributed by atoms with Gasteiger partial charge in [0, 0.05) is 19.2 Å². The molecule has 2 rings (SSSR count). The molecule has 0 atom stereocenters. The molecule has 0 aromatic carbocycles. The summed E-state index contributed by atoms with van der Waals surface area (Å²) in [7, 11) is 1.94. The summed E-state index contributed by atoms with van der Waals surface area (Å²) < 4.78 is 3.66. The van der Waals surface area contributed by atoms with Crippen LogP contribution < -0.4 is 0 Å². The third-order valence-corrected chi connectivity index (χ3v) is 2.58. The van der Waals surface area contributed by atoms with Crippen molar-refractivity contribution in [1.29, 1.82) is 5.26 Å². The average Bonchev–Trinajstić information content (AvgIpc) is 2.87. The van der Waals surface area contributed by atoms with E-state index in [0.717, 1.165) is 11.6 Å². The molecule has 88 valence electrons. The van der Waals surface area contributed by atoms with Crippen molar-refractivity contribution < 1.29 is 0 Å². The molecule has 0 saturated heterocycles. The fourth-order valence-electron chi connectivity index (χ4n) is 1.67. The maximum absolute atomic E-state index is 8.71. The van der Waals surface area contributed by atoms with Gasteiger partial charge in [0.2, 0.25) is 0 Å². The van der Waals surface area contributed by atoms with Gasteiger partial charge in [0.05, 0.1) is 11.8 Å². The van der Waals surface area contributed by atoms with E-state index in [1.54, 1.807) is 17.1 Å². The first-order valence-electron chi connectivity index (χ1n) is 5.42. The van der Waals surface area contributed by atoms with Crippen LogP contribution in [0.4, 0.5) is 0 Å². The first kappa shape index (κ1) is 11.3. The summed E-state index contributed by atoms with van der Waals surface area (Å²) in [5.41, 5.74) is 0.552. The lowest BCUT2D eigenvalue weighted by molar-refractivity contribution is 0.616. The van der Waals surface area contributed by atoms with Gasteiger partial charge in [-0.1, -0.05) is 13.8 Å². The summed E-state index contributed by atoms with van der Waals surface area (Å²) in [4.78, 5) is 0. The van der Waals surface area contributed by atoms with Crippen LogP contribution in [0.2, 0.25) is 0 Å². The van der Waals surface area contributed by atoms with E-state index >= 15 is 0 Å². The average molecular weight is 230 g/mol. The molecule has 0 bridgehead atoms. The van der Waals surface area contributed by atoms with Gasteiger partial charge in [0.1, 0.15) is 18.4 Å². The van der Waals surface area contributed by atoms with Gasteiger partial charge < -0.3 is 4.57 Å². The molecule has 0 fully saturated rings. The van der Waals surface area contributed by atoms with E-state index in [9.17, 15) is 0 Å². The molecule has 0 aliphatic carbocycles. The minimum absolute atomic E-state index is 0.341. The van der Waals surface area contributed by atoms with Gasteiger partial charge in [0.15, 0.2) is 5.82 Å². The zero-order valence-corrected chi connectivity index (χ0v) is 10.1. The lowest BCUT2D eigenvalue weighted by atomic mass is 10.2. The number of nitrogens with zero attached hydrogens (tertiary/aromatic N) is 6. The molecule has 2 heterocycles. The molecule has 2 aromatic rings. The highest BCUT2D eigenvalue weighted by atomic mass is 15.3. The highest BCUT2D eigenvalue weighted by Crippen LogP contribution is 2.12. The van der Waals surface area contributed by atoms with Crippen molar-refractivity contribution in [3.63, 3.8) is 0 Å². The summed E-state index contributed by atoms with van der Waals surface area (Å²) in [6.07, 6.45) is 3.24. The van der Waals surface area contributed by atoms with Crippen LogP contribution in [-0.2, 0) is 13.6 Å². The molecular weight excluding hydrogens is 216 g/mol. The van der Waals surface area contributed by atoms with Crippen LogP contribution in [0.5, 0.6) is 0 Å².